The van der Waals surface area contributed by atoms with Crippen LogP contribution in [0.2, 0.25) is 5.02 Å². The lowest BCUT2D eigenvalue weighted by molar-refractivity contribution is -0.132. The van der Waals surface area contributed by atoms with Gasteiger partial charge in [-0.25, -0.2) is 0 Å². The van der Waals surface area contributed by atoms with Crippen LogP contribution in [0.3, 0.4) is 0 Å². The molecule has 1 aromatic heterocycles. The standard InChI is InChI=1S/C24H19ClN2O4/c1-14-5-3-7-17(11-14)27-21(16-6-4-10-26-13-16)20(23(29)24(27)30)22(28)15-8-9-19(31-2)18(25)12-15/h3-13,21,28H,1-2H3/b22-20-. The lowest BCUT2D eigenvalue weighted by Crippen LogP contribution is -2.29. The fraction of sp³-hybridized carbons (Fsp3) is 0.125. The maximum absolute atomic E-state index is 13.1. The van der Waals surface area contributed by atoms with Gasteiger partial charge in [0.1, 0.15) is 11.5 Å². The van der Waals surface area contributed by atoms with Crippen LogP contribution >= 0.6 is 11.6 Å². The number of aryl methyl sites for hydroxylation is 1. The molecule has 4 rings (SSSR count). The van der Waals surface area contributed by atoms with Crippen molar-refractivity contribution in [2.45, 2.75) is 13.0 Å². The van der Waals surface area contributed by atoms with Gasteiger partial charge in [-0.1, -0.05) is 29.8 Å². The van der Waals surface area contributed by atoms with Crippen molar-refractivity contribution in [3.8, 4) is 5.75 Å². The van der Waals surface area contributed by atoms with Crippen LogP contribution in [0, 0.1) is 6.92 Å². The molecule has 7 heteroatoms. The van der Waals surface area contributed by atoms with Gasteiger partial charge < -0.3 is 9.84 Å². The number of aliphatic hydroxyl groups excluding tert-OH is 1. The summed E-state index contributed by atoms with van der Waals surface area (Å²) in [5.41, 5.74) is 2.38. The summed E-state index contributed by atoms with van der Waals surface area (Å²) in [5.74, 6) is -1.38. The lowest BCUT2D eigenvalue weighted by atomic mass is 9.96. The molecule has 1 amide bonds. The predicted octanol–water partition coefficient (Wildman–Crippen LogP) is 4.68. The molecular weight excluding hydrogens is 416 g/mol. The number of hydrogen-bond acceptors (Lipinski definition) is 5. The van der Waals surface area contributed by atoms with Crippen LogP contribution in [0.5, 0.6) is 5.75 Å². The van der Waals surface area contributed by atoms with Gasteiger partial charge in [-0.05, 0) is 54.4 Å². The molecule has 0 radical (unpaired) electrons. The second kappa shape index (κ2) is 8.24. The van der Waals surface area contributed by atoms with Crippen LogP contribution < -0.4 is 9.64 Å². The van der Waals surface area contributed by atoms with Gasteiger partial charge in [0.15, 0.2) is 0 Å². The zero-order valence-corrected chi connectivity index (χ0v) is 17.6. The Morgan fingerprint density at radius 2 is 1.94 bits per heavy atom. The van der Waals surface area contributed by atoms with Crippen molar-refractivity contribution in [1.29, 1.82) is 0 Å². The molecule has 2 aromatic carbocycles. The molecule has 1 fully saturated rings. The highest BCUT2D eigenvalue weighted by Gasteiger charge is 2.47. The van der Waals surface area contributed by atoms with E-state index in [9.17, 15) is 14.7 Å². The molecule has 1 N–H and O–H groups in total. The number of ketones is 1. The minimum absolute atomic E-state index is 0.0271. The molecule has 1 atom stereocenters. The summed E-state index contributed by atoms with van der Waals surface area (Å²) in [6.45, 7) is 1.90. The molecule has 1 saturated heterocycles. The number of amides is 1. The Bertz CT molecular complexity index is 1210. The zero-order chi connectivity index (χ0) is 22.1. The molecule has 2 heterocycles. The van der Waals surface area contributed by atoms with Crippen LogP contribution in [0.25, 0.3) is 5.76 Å². The number of pyridine rings is 1. The van der Waals surface area contributed by atoms with Gasteiger partial charge in [0.05, 0.1) is 23.7 Å². The summed E-state index contributed by atoms with van der Waals surface area (Å²) >= 11 is 6.21. The number of carbonyl (C=O) groups excluding carboxylic acids is 2. The van der Waals surface area contributed by atoms with E-state index >= 15 is 0 Å². The van der Waals surface area contributed by atoms with Crippen LogP contribution in [0.1, 0.15) is 22.7 Å². The largest absolute Gasteiger partial charge is 0.507 e. The second-order valence-corrected chi connectivity index (χ2v) is 7.55. The zero-order valence-electron chi connectivity index (χ0n) is 16.9. The van der Waals surface area contributed by atoms with E-state index in [-0.39, 0.29) is 16.4 Å². The van der Waals surface area contributed by atoms with E-state index in [1.807, 2.05) is 25.1 Å². The van der Waals surface area contributed by atoms with E-state index in [1.54, 1.807) is 42.7 Å². The number of rotatable bonds is 4. The molecule has 1 aliphatic rings. The highest BCUT2D eigenvalue weighted by atomic mass is 35.5. The Hall–Kier alpha value is -3.64. The minimum atomic E-state index is -0.837. The number of nitrogens with zero attached hydrogens (tertiary/aromatic N) is 2. The van der Waals surface area contributed by atoms with E-state index in [2.05, 4.69) is 4.98 Å². The van der Waals surface area contributed by atoms with E-state index in [0.717, 1.165) is 5.56 Å². The van der Waals surface area contributed by atoms with Crippen molar-refractivity contribution in [3.63, 3.8) is 0 Å². The number of anilines is 1. The van der Waals surface area contributed by atoms with Crippen molar-refractivity contribution >= 4 is 34.7 Å². The number of halogens is 1. The Morgan fingerprint density at radius 1 is 1.13 bits per heavy atom. The van der Waals surface area contributed by atoms with Crippen molar-refractivity contribution in [1.82, 2.24) is 4.98 Å². The van der Waals surface area contributed by atoms with Crippen LogP contribution in [0.4, 0.5) is 5.69 Å². The maximum atomic E-state index is 13.1. The van der Waals surface area contributed by atoms with Crippen molar-refractivity contribution in [3.05, 3.63) is 94.3 Å². The third kappa shape index (κ3) is 3.66. The van der Waals surface area contributed by atoms with Crippen molar-refractivity contribution in [2.24, 2.45) is 0 Å². The number of Topliss-reactive ketones (excluding diaryl/α,β-unsaturated/α-hetero) is 1. The summed E-state index contributed by atoms with van der Waals surface area (Å²) in [7, 11) is 1.48. The number of aliphatic hydroxyl groups is 1. The number of aromatic nitrogens is 1. The summed E-state index contributed by atoms with van der Waals surface area (Å²) in [6.07, 6.45) is 3.18. The number of carbonyl (C=O) groups is 2. The first-order chi connectivity index (χ1) is 14.9. The summed E-state index contributed by atoms with van der Waals surface area (Å²) in [6, 6.07) is 14.6. The van der Waals surface area contributed by atoms with E-state index in [0.29, 0.717) is 22.6 Å². The molecule has 0 bridgehead atoms. The highest BCUT2D eigenvalue weighted by molar-refractivity contribution is 6.51. The van der Waals surface area contributed by atoms with E-state index < -0.39 is 17.7 Å². The maximum Gasteiger partial charge on any atom is 0.300 e. The van der Waals surface area contributed by atoms with Gasteiger partial charge in [-0.3, -0.25) is 19.5 Å². The number of hydrogen-bond donors (Lipinski definition) is 1. The van der Waals surface area contributed by atoms with Gasteiger partial charge in [-0.2, -0.15) is 0 Å². The highest BCUT2D eigenvalue weighted by Crippen LogP contribution is 2.42. The molecule has 6 nitrogen and oxygen atoms in total. The third-order valence-electron chi connectivity index (χ3n) is 5.15. The fourth-order valence-corrected chi connectivity index (χ4v) is 3.96. The monoisotopic (exact) mass is 434 g/mol. The Labute approximate surface area is 184 Å². The average molecular weight is 435 g/mol. The van der Waals surface area contributed by atoms with Gasteiger partial charge in [-0.15, -0.1) is 0 Å². The summed E-state index contributed by atoms with van der Waals surface area (Å²) < 4.78 is 5.15. The molecule has 31 heavy (non-hydrogen) atoms. The van der Waals surface area contributed by atoms with Gasteiger partial charge in [0, 0.05) is 23.6 Å². The van der Waals surface area contributed by atoms with E-state index in [4.69, 9.17) is 16.3 Å². The van der Waals surface area contributed by atoms with Gasteiger partial charge >= 0.3 is 0 Å². The first kappa shape index (κ1) is 20.6. The SMILES string of the molecule is COc1ccc(/C(O)=C2/C(=O)C(=O)N(c3cccc(C)c3)C2c2cccnc2)cc1Cl. The summed E-state index contributed by atoms with van der Waals surface area (Å²) in [4.78, 5) is 31.7. The fourth-order valence-electron chi connectivity index (χ4n) is 3.70. The molecule has 0 saturated carbocycles. The molecular formula is C24H19ClN2O4. The summed E-state index contributed by atoms with van der Waals surface area (Å²) in [5, 5.41) is 11.4. The molecule has 1 aliphatic heterocycles. The number of ether oxygens (including phenoxy) is 1. The average Bonchev–Trinajstić information content (AvgIpc) is 3.04. The van der Waals surface area contributed by atoms with Crippen LogP contribution in [-0.2, 0) is 9.59 Å². The number of methoxy groups -OCH3 is 1. The van der Waals surface area contributed by atoms with E-state index in [1.165, 1.54) is 18.1 Å². The molecule has 0 spiro atoms. The van der Waals surface area contributed by atoms with Gasteiger partial charge in [0.2, 0.25) is 0 Å². The predicted molar refractivity (Wildman–Crippen MR) is 118 cm³/mol. The normalized spacial score (nSPS) is 17.8. The van der Waals surface area contributed by atoms with Gasteiger partial charge in [0.25, 0.3) is 11.7 Å². The topological polar surface area (TPSA) is 79.7 Å². The van der Waals surface area contributed by atoms with Crippen LogP contribution in [-0.4, -0.2) is 28.9 Å². The number of benzene rings is 2. The quantitative estimate of drug-likeness (QED) is 0.366. The van der Waals surface area contributed by atoms with Crippen molar-refractivity contribution in [2.75, 3.05) is 12.0 Å². The smallest absolute Gasteiger partial charge is 0.300 e. The Morgan fingerprint density at radius 3 is 2.58 bits per heavy atom. The minimum Gasteiger partial charge on any atom is -0.507 e. The molecule has 156 valence electrons. The van der Waals surface area contributed by atoms with Crippen LogP contribution in [0.15, 0.2) is 72.6 Å². The molecule has 0 aliphatic carbocycles. The third-order valence-corrected chi connectivity index (χ3v) is 5.45. The Balaban J connectivity index is 1.93. The Kier molecular flexibility index (Phi) is 5.48. The first-order valence-corrected chi connectivity index (χ1v) is 9.91. The lowest BCUT2D eigenvalue weighted by Gasteiger charge is -2.25. The molecule has 1 unspecified atom stereocenters. The van der Waals surface area contributed by atoms with Crippen molar-refractivity contribution < 1.29 is 19.4 Å². The second-order valence-electron chi connectivity index (χ2n) is 7.14. The molecule has 3 aromatic rings. The first-order valence-electron chi connectivity index (χ1n) is 9.54.